The topological polar surface area (TPSA) is 81.7 Å². The third-order valence-electron chi connectivity index (χ3n) is 5.52. The van der Waals surface area contributed by atoms with E-state index in [0.29, 0.717) is 5.75 Å². The van der Waals surface area contributed by atoms with E-state index >= 15 is 0 Å². The maximum Gasteiger partial charge on any atom is 0.407 e. The lowest BCUT2D eigenvalue weighted by atomic mass is 9.73. The monoisotopic (exact) mass is 431 g/mol. The highest BCUT2D eigenvalue weighted by Gasteiger charge is 2.31. The highest BCUT2D eigenvalue weighted by Crippen LogP contribution is 2.43. The van der Waals surface area contributed by atoms with Crippen LogP contribution in [-0.2, 0) is 19.7 Å². The summed E-state index contributed by atoms with van der Waals surface area (Å²) < 4.78 is 10.5. The summed E-state index contributed by atoms with van der Waals surface area (Å²) in [7, 11) is 6.73. The molecule has 3 aromatic rings. The number of hydrogen-bond acceptors (Lipinski definition) is 5. The average Bonchev–Trinajstić information content (AvgIpc) is 2.70. The Hall–Kier alpha value is -3.35. The van der Waals surface area contributed by atoms with Crippen LogP contribution in [0.5, 0.6) is 5.75 Å². The first-order valence-corrected chi connectivity index (χ1v) is 10.3. The minimum absolute atomic E-state index is 0.0768. The molecule has 0 aliphatic heterocycles. The van der Waals surface area contributed by atoms with Crippen molar-refractivity contribution in [2.45, 2.75) is 45.6 Å². The number of carbonyl (C=O) groups excluding carboxylic acids is 3. The SMILES string of the molecule is [B]C(=O)CC(C)(C)c1c(C)cc2cc3ccccc3cc2c1OC(=O)C(C)NC(=O)OC. The molecule has 0 fully saturated rings. The van der Waals surface area contributed by atoms with Crippen LogP contribution in [0.25, 0.3) is 21.5 Å². The number of aryl methyl sites for hydroxylation is 1. The van der Waals surface area contributed by atoms with Crippen molar-refractivity contribution in [3.8, 4) is 5.75 Å². The predicted molar refractivity (Wildman–Crippen MR) is 125 cm³/mol. The van der Waals surface area contributed by atoms with E-state index < -0.39 is 29.2 Å². The predicted octanol–water partition coefficient (Wildman–Crippen LogP) is 4.31. The lowest BCUT2D eigenvalue weighted by Crippen LogP contribution is -2.41. The van der Waals surface area contributed by atoms with Crippen LogP contribution in [0.3, 0.4) is 0 Å². The molecule has 0 saturated heterocycles. The molecular formula is C25H26BNO5. The number of alkyl carbamates (subject to hydrolysis) is 1. The van der Waals surface area contributed by atoms with Gasteiger partial charge in [-0.1, -0.05) is 44.2 Å². The quantitative estimate of drug-likeness (QED) is 0.272. The molecule has 0 aliphatic carbocycles. The van der Waals surface area contributed by atoms with Gasteiger partial charge in [-0.2, -0.15) is 0 Å². The molecule has 3 aromatic carbocycles. The number of rotatable bonds is 6. The zero-order chi connectivity index (χ0) is 23.6. The standard InChI is InChI=1S/C25H26BNO5/c1-14-10-18-11-16-8-6-7-9-17(16)12-19(18)22(21(14)25(3,4)13-20(26)28)32-23(29)15(2)27-24(30)31-5/h6-12,15H,13H2,1-5H3,(H,27,30). The summed E-state index contributed by atoms with van der Waals surface area (Å²) >= 11 is 0. The summed E-state index contributed by atoms with van der Waals surface area (Å²) in [5, 5.41) is 6.10. The van der Waals surface area contributed by atoms with E-state index in [-0.39, 0.29) is 6.42 Å². The molecule has 0 aromatic heterocycles. The van der Waals surface area contributed by atoms with Crippen molar-refractivity contribution in [2.75, 3.05) is 7.11 Å². The van der Waals surface area contributed by atoms with E-state index in [4.69, 9.17) is 12.6 Å². The molecule has 0 saturated carbocycles. The highest BCUT2D eigenvalue weighted by atomic mass is 16.5. The summed E-state index contributed by atoms with van der Waals surface area (Å²) in [5.41, 5.74) is 0.448. The first-order chi connectivity index (χ1) is 15.0. The van der Waals surface area contributed by atoms with Crippen LogP contribution in [0.1, 0.15) is 38.3 Å². The summed E-state index contributed by atoms with van der Waals surface area (Å²) in [5.74, 6) is -0.285. The second-order valence-electron chi connectivity index (χ2n) is 8.62. The van der Waals surface area contributed by atoms with Gasteiger partial charge >= 0.3 is 12.1 Å². The van der Waals surface area contributed by atoms with E-state index in [1.165, 1.54) is 14.0 Å². The lowest BCUT2D eigenvalue weighted by Gasteiger charge is -2.30. The van der Waals surface area contributed by atoms with Crippen LogP contribution in [-0.4, -0.2) is 38.7 Å². The third-order valence-corrected chi connectivity index (χ3v) is 5.52. The maximum absolute atomic E-state index is 12.9. The Bertz CT molecular complexity index is 1220. The number of benzene rings is 3. The number of hydrogen-bond donors (Lipinski definition) is 1. The Morgan fingerprint density at radius 1 is 1.06 bits per heavy atom. The van der Waals surface area contributed by atoms with Gasteiger partial charge in [-0.05, 0) is 53.1 Å². The molecule has 0 spiro atoms. The fourth-order valence-electron chi connectivity index (χ4n) is 4.15. The molecule has 0 bridgehead atoms. The van der Waals surface area contributed by atoms with Gasteiger partial charge in [0.15, 0.2) is 7.85 Å². The third kappa shape index (κ3) is 4.77. The van der Waals surface area contributed by atoms with Crippen LogP contribution < -0.4 is 10.1 Å². The Balaban J connectivity index is 2.23. The molecule has 1 unspecified atom stereocenters. The molecule has 1 amide bonds. The van der Waals surface area contributed by atoms with Gasteiger partial charge in [-0.15, -0.1) is 0 Å². The first kappa shape index (κ1) is 23.3. The number of esters is 1. The Labute approximate surface area is 188 Å². The Morgan fingerprint density at radius 2 is 1.69 bits per heavy atom. The molecule has 0 heterocycles. The molecule has 32 heavy (non-hydrogen) atoms. The van der Waals surface area contributed by atoms with Gasteiger partial charge in [-0.3, -0.25) is 0 Å². The van der Waals surface area contributed by atoms with Crippen molar-refractivity contribution in [3.63, 3.8) is 0 Å². The van der Waals surface area contributed by atoms with Crippen LogP contribution in [0, 0.1) is 6.92 Å². The summed E-state index contributed by atoms with van der Waals surface area (Å²) in [4.78, 5) is 36.2. The molecule has 7 heteroatoms. The zero-order valence-electron chi connectivity index (χ0n) is 18.9. The number of carbonyl (C=O) groups is 3. The Morgan fingerprint density at radius 3 is 2.28 bits per heavy atom. The molecule has 164 valence electrons. The van der Waals surface area contributed by atoms with Gasteiger partial charge in [0, 0.05) is 17.4 Å². The molecule has 1 atom stereocenters. The van der Waals surface area contributed by atoms with Gasteiger partial charge in [-0.25, -0.2) is 9.59 Å². The van der Waals surface area contributed by atoms with Crippen molar-refractivity contribution in [3.05, 3.63) is 53.6 Å². The average molecular weight is 431 g/mol. The largest absolute Gasteiger partial charge is 0.453 e. The van der Waals surface area contributed by atoms with Crippen LogP contribution in [0.4, 0.5) is 4.79 Å². The molecule has 3 rings (SSSR count). The lowest BCUT2D eigenvalue weighted by molar-refractivity contribution is -0.136. The van der Waals surface area contributed by atoms with Gasteiger partial charge in [0.05, 0.1) is 12.8 Å². The van der Waals surface area contributed by atoms with Crippen molar-refractivity contribution < 1.29 is 23.9 Å². The smallest absolute Gasteiger partial charge is 0.407 e. The van der Waals surface area contributed by atoms with E-state index in [9.17, 15) is 14.4 Å². The van der Waals surface area contributed by atoms with Crippen LogP contribution in [0.2, 0.25) is 0 Å². The summed E-state index contributed by atoms with van der Waals surface area (Å²) in [6.07, 6.45) is -0.656. The highest BCUT2D eigenvalue weighted by molar-refractivity contribution is 6.57. The number of ether oxygens (including phenoxy) is 2. The Kier molecular flexibility index (Phi) is 6.58. The van der Waals surface area contributed by atoms with Gasteiger partial charge < -0.3 is 19.6 Å². The minimum atomic E-state index is -0.939. The normalized spacial score (nSPS) is 12.4. The van der Waals surface area contributed by atoms with Crippen molar-refractivity contribution in [1.29, 1.82) is 0 Å². The summed E-state index contributed by atoms with van der Waals surface area (Å²) in [6, 6.07) is 13.0. The first-order valence-electron chi connectivity index (χ1n) is 10.3. The number of fused-ring (bicyclic) bond motifs is 2. The van der Waals surface area contributed by atoms with Gasteiger partial charge in [0.2, 0.25) is 0 Å². The minimum Gasteiger partial charge on any atom is -0.453 e. The van der Waals surface area contributed by atoms with Crippen molar-refractivity contribution in [1.82, 2.24) is 5.32 Å². The van der Waals surface area contributed by atoms with E-state index in [0.717, 1.165) is 32.7 Å². The molecule has 1 N–H and O–H groups in total. The fourth-order valence-corrected chi connectivity index (χ4v) is 4.15. The van der Waals surface area contributed by atoms with Gasteiger partial charge in [0.1, 0.15) is 11.8 Å². The second kappa shape index (κ2) is 9.03. The van der Waals surface area contributed by atoms with Crippen molar-refractivity contribution >= 4 is 47.1 Å². The van der Waals surface area contributed by atoms with Crippen LogP contribution in [0.15, 0.2) is 42.5 Å². The van der Waals surface area contributed by atoms with E-state index in [2.05, 4.69) is 10.1 Å². The number of nitrogens with one attached hydrogen (secondary N) is 1. The van der Waals surface area contributed by atoms with E-state index in [1.807, 2.05) is 63.2 Å². The van der Waals surface area contributed by atoms with Gasteiger partial charge in [0.25, 0.3) is 0 Å². The van der Waals surface area contributed by atoms with Crippen molar-refractivity contribution in [2.24, 2.45) is 0 Å². The second-order valence-corrected chi connectivity index (χ2v) is 8.62. The molecule has 6 nitrogen and oxygen atoms in total. The molecular weight excluding hydrogens is 405 g/mol. The number of methoxy groups -OCH3 is 1. The fraction of sp³-hybridized carbons (Fsp3) is 0.320. The maximum atomic E-state index is 12.9. The summed E-state index contributed by atoms with van der Waals surface area (Å²) in [6.45, 7) is 7.21. The zero-order valence-corrected chi connectivity index (χ0v) is 18.9. The van der Waals surface area contributed by atoms with Crippen LogP contribution >= 0.6 is 0 Å². The number of amides is 1. The molecule has 2 radical (unpaired) electrons. The molecule has 0 aliphatic rings. The van der Waals surface area contributed by atoms with E-state index in [1.54, 1.807) is 0 Å².